The zero-order valence-electron chi connectivity index (χ0n) is 7.32. The van der Waals surface area contributed by atoms with Crippen LogP contribution in [0.25, 0.3) is 0 Å². The van der Waals surface area contributed by atoms with Crippen molar-refractivity contribution in [3.05, 3.63) is 35.4 Å². The molecule has 1 atom stereocenters. The van der Waals surface area contributed by atoms with E-state index in [1.54, 1.807) is 0 Å². The molecule has 0 aromatic heterocycles. The van der Waals surface area contributed by atoms with Crippen molar-refractivity contribution in [2.45, 2.75) is 12.7 Å². The normalized spacial score (nSPS) is 20.7. The Morgan fingerprint density at radius 3 is 3.00 bits per heavy atom. The molecule has 0 amide bonds. The van der Waals surface area contributed by atoms with E-state index >= 15 is 0 Å². The lowest BCUT2D eigenvalue weighted by atomic mass is 10.0. The van der Waals surface area contributed by atoms with E-state index in [4.69, 9.17) is 9.47 Å². The highest BCUT2D eigenvalue weighted by atomic mass is 16.7. The summed E-state index contributed by atoms with van der Waals surface area (Å²) in [5, 5.41) is 0. The summed E-state index contributed by atoms with van der Waals surface area (Å²) in [7, 11) is 1.53. The van der Waals surface area contributed by atoms with Gasteiger partial charge in [-0.15, -0.1) is 0 Å². The van der Waals surface area contributed by atoms with Crippen LogP contribution in [0.2, 0.25) is 0 Å². The number of methoxy groups -OCH3 is 1. The predicted molar refractivity (Wildman–Crippen MR) is 46.0 cm³/mol. The summed E-state index contributed by atoms with van der Waals surface area (Å²) in [5.74, 6) is -0.231. The maximum Gasteiger partial charge on any atom is 0.312 e. The van der Waals surface area contributed by atoms with Gasteiger partial charge in [0.15, 0.2) is 0 Å². The number of ether oxygens (including phenoxy) is 2. The van der Waals surface area contributed by atoms with Crippen LogP contribution in [-0.4, -0.2) is 13.1 Å². The number of rotatable bonds is 1. The number of fused-ring (bicyclic) bond motifs is 1. The van der Waals surface area contributed by atoms with Gasteiger partial charge in [-0.3, -0.25) is 4.79 Å². The van der Waals surface area contributed by atoms with E-state index in [2.05, 4.69) is 0 Å². The van der Waals surface area contributed by atoms with Gasteiger partial charge in [0.1, 0.15) is 0 Å². The topological polar surface area (TPSA) is 35.5 Å². The SMILES string of the molecule is COC1OC(=O)Cc2ccccc21. The minimum atomic E-state index is -0.530. The number of hydrogen-bond acceptors (Lipinski definition) is 3. The maximum atomic E-state index is 11.1. The van der Waals surface area contributed by atoms with Gasteiger partial charge in [-0.25, -0.2) is 0 Å². The Morgan fingerprint density at radius 2 is 2.23 bits per heavy atom. The molecule has 1 unspecified atom stereocenters. The standard InChI is InChI=1S/C10H10O3/c1-12-10-8-5-3-2-4-7(8)6-9(11)13-10/h2-5,10H,6H2,1H3. The highest BCUT2D eigenvalue weighted by Crippen LogP contribution is 2.27. The lowest BCUT2D eigenvalue weighted by molar-refractivity contribution is -0.177. The number of cyclic esters (lactones) is 1. The van der Waals surface area contributed by atoms with Gasteiger partial charge in [-0.05, 0) is 5.56 Å². The van der Waals surface area contributed by atoms with Crippen LogP contribution in [0.1, 0.15) is 17.4 Å². The summed E-state index contributed by atoms with van der Waals surface area (Å²) in [6.07, 6.45) is -0.187. The largest absolute Gasteiger partial charge is 0.431 e. The van der Waals surface area contributed by atoms with Gasteiger partial charge in [0.2, 0.25) is 6.29 Å². The Hall–Kier alpha value is -1.35. The van der Waals surface area contributed by atoms with Gasteiger partial charge >= 0.3 is 5.97 Å². The fourth-order valence-electron chi connectivity index (χ4n) is 1.48. The number of hydrogen-bond donors (Lipinski definition) is 0. The van der Waals surface area contributed by atoms with Crippen molar-refractivity contribution in [1.29, 1.82) is 0 Å². The molecule has 3 nitrogen and oxygen atoms in total. The van der Waals surface area contributed by atoms with Crippen molar-refractivity contribution in [1.82, 2.24) is 0 Å². The average molecular weight is 178 g/mol. The Labute approximate surface area is 76.3 Å². The molecular formula is C10H10O3. The third-order valence-electron chi connectivity index (χ3n) is 2.10. The Bertz CT molecular complexity index is 333. The molecule has 0 bridgehead atoms. The van der Waals surface area contributed by atoms with Gasteiger partial charge in [0, 0.05) is 12.7 Å². The Balaban J connectivity index is 2.42. The fraction of sp³-hybridized carbons (Fsp3) is 0.300. The van der Waals surface area contributed by atoms with E-state index in [1.165, 1.54) is 7.11 Å². The molecule has 1 aromatic rings. The monoisotopic (exact) mass is 178 g/mol. The highest BCUT2D eigenvalue weighted by molar-refractivity contribution is 5.75. The number of carbonyl (C=O) groups is 1. The van der Waals surface area contributed by atoms with Crippen molar-refractivity contribution < 1.29 is 14.3 Å². The van der Waals surface area contributed by atoms with E-state index in [9.17, 15) is 4.79 Å². The summed E-state index contributed by atoms with van der Waals surface area (Å²) < 4.78 is 10.0. The van der Waals surface area contributed by atoms with E-state index in [1.807, 2.05) is 24.3 Å². The molecular weight excluding hydrogens is 168 g/mol. The summed E-state index contributed by atoms with van der Waals surface area (Å²) in [6, 6.07) is 7.64. The summed E-state index contributed by atoms with van der Waals surface area (Å²) in [4.78, 5) is 11.1. The number of benzene rings is 1. The molecule has 1 aliphatic heterocycles. The minimum Gasteiger partial charge on any atom is -0.431 e. The summed E-state index contributed by atoms with van der Waals surface area (Å²) in [6.45, 7) is 0. The van der Waals surface area contributed by atoms with Crippen molar-refractivity contribution in [2.24, 2.45) is 0 Å². The molecule has 0 radical (unpaired) electrons. The first-order valence-electron chi connectivity index (χ1n) is 4.11. The first-order valence-corrected chi connectivity index (χ1v) is 4.11. The first kappa shape index (κ1) is 8.26. The molecule has 2 rings (SSSR count). The fourth-order valence-corrected chi connectivity index (χ4v) is 1.48. The molecule has 13 heavy (non-hydrogen) atoms. The van der Waals surface area contributed by atoms with Crippen LogP contribution < -0.4 is 0 Å². The molecule has 1 aromatic carbocycles. The number of esters is 1. The quantitative estimate of drug-likeness (QED) is 0.610. The lowest BCUT2D eigenvalue weighted by Gasteiger charge is -2.23. The lowest BCUT2D eigenvalue weighted by Crippen LogP contribution is -2.22. The van der Waals surface area contributed by atoms with Gasteiger partial charge < -0.3 is 9.47 Å². The first-order chi connectivity index (χ1) is 6.31. The molecule has 0 N–H and O–H groups in total. The van der Waals surface area contributed by atoms with E-state index in [0.717, 1.165) is 11.1 Å². The second-order valence-electron chi connectivity index (χ2n) is 2.93. The predicted octanol–water partition coefficient (Wildman–Crippen LogP) is 1.43. The molecule has 0 saturated heterocycles. The second-order valence-corrected chi connectivity index (χ2v) is 2.93. The van der Waals surface area contributed by atoms with Crippen molar-refractivity contribution in [2.75, 3.05) is 7.11 Å². The van der Waals surface area contributed by atoms with Crippen molar-refractivity contribution in [3.63, 3.8) is 0 Å². The van der Waals surface area contributed by atoms with Crippen LogP contribution in [0.5, 0.6) is 0 Å². The number of carbonyl (C=O) groups excluding carboxylic acids is 1. The second kappa shape index (κ2) is 3.18. The smallest absolute Gasteiger partial charge is 0.312 e. The molecule has 1 heterocycles. The molecule has 3 heteroatoms. The summed E-state index contributed by atoms with van der Waals surface area (Å²) in [5.41, 5.74) is 1.94. The van der Waals surface area contributed by atoms with Crippen LogP contribution in [0.4, 0.5) is 0 Å². The van der Waals surface area contributed by atoms with Gasteiger partial charge in [0.05, 0.1) is 6.42 Å². The van der Waals surface area contributed by atoms with E-state index < -0.39 is 6.29 Å². The molecule has 0 fully saturated rings. The van der Waals surface area contributed by atoms with Crippen molar-refractivity contribution in [3.8, 4) is 0 Å². The zero-order chi connectivity index (χ0) is 9.26. The molecule has 0 spiro atoms. The van der Waals surface area contributed by atoms with Crippen LogP contribution in [0.15, 0.2) is 24.3 Å². The Kier molecular flexibility index (Phi) is 2.02. The highest BCUT2D eigenvalue weighted by Gasteiger charge is 2.25. The maximum absolute atomic E-state index is 11.1. The average Bonchev–Trinajstić information content (AvgIpc) is 2.16. The van der Waals surface area contributed by atoms with Gasteiger partial charge in [-0.1, -0.05) is 24.3 Å². The third kappa shape index (κ3) is 1.42. The van der Waals surface area contributed by atoms with Crippen LogP contribution in [0.3, 0.4) is 0 Å². The molecule has 1 aliphatic rings. The van der Waals surface area contributed by atoms with Crippen LogP contribution in [-0.2, 0) is 20.7 Å². The van der Waals surface area contributed by atoms with E-state index in [0.29, 0.717) is 6.42 Å². The van der Waals surface area contributed by atoms with Gasteiger partial charge in [0.25, 0.3) is 0 Å². The van der Waals surface area contributed by atoms with Crippen molar-refractivity contribution >= 4 is 5.97 Å². The summed E-state index contributed by atoms with van der Waals surface area (Å²) >= 11 is 0. The van der Waals surface area contributed by atoms with E-state index in [-0.39, 0.29) is 5.97 Å². The molecule has 0 aliphatic carbocycles. The minimum absolute atomic E-state index is 0.231. The Morgan fingerprint density at radius 1 is 1.46 bits per heavy atom. The molecule has 0 saturated carbocycles. The molecule has 68 valence electrons. The van der Waals surface area contributed by atoms with Gasteiger partial charge in [-0.2, -0.15) is 0 Å². The zero-order valence-corrected chi connectivity index (χ0v) is 7.32. The van der Waals surface area contributed by atoms with Crippen LogP contribution >= 0.6 is 0 Å². The third-order valence-corrected chi connectivity index (χ3v) is 2.10. The van der Waals surface area contributed by atoms with Crippen LogP contribution in [0, 0.1) is 0 Å².